The Morgan fingerprint density at radius 2 is 1.76 bits per heavy atom. The summed E-state index contributed by atoms with van der Waals surface area (Å²) < 4.78 is 9.71. The second-order valence-corrected chi connectivity index (χ2v) is 9.54. The van der Waals surface area contributed by atoms with Crippen LogP contribution >= 0.6 is 0 Å². The highest BCUT2D eigenvalue weighted by atomic mass is 16.6. The number of methoxy groups -OCH3 is 1. The lowest BCUT2D eigenvalue weighted by molar-refractivity contribution is -0.141. The zero-order chi connectivity index (χ0) is 29.7. The van der Waals surface area contributed by atoms with Gasteiger partial charge in [-0.15, -0.1) is 0 Å². The molecule has 2 N–H and O–H groups in total. The number of amides is 4. The molecule has 1 aromatic heterocycles. The van der Waals surface area contributed by atoms with Gasteiger partial charge in [0.25, 0.3) is 11.8 Å². The maximum absolute atomic E-state index is 13.4. The van der Waals surface area contributed by atoms with Gasteiger partial charge < -0.3 is 34.6 Å². The van der Waals surface area contributed by atoms with Crippen LogP contribution in [-0.2, 0) is 23.9 Å². The molecule has 3 heterocycles. The number of nitrogens with zero attached hydrogens (tertiary/aromatic N) is 4. The maximum atomic E-state index is 13.4. The first-order chi connectivity index (χ1) is 19.6. The number of aliphatic carboxylic acids is 1. The second-order valence-electron chi connectivity index (χ2n) is 9.54. The van der Waals surface area contributed by atoms with Crippen molar-refractivity contribution in [1.82, 2.24) is 25.0 Å². The third-order valence-electron chi connectivity index (χ3n) is 6.89. The number of rotatable bonds is 9. The molecule has 2 fully saturated rings. The van der Waals surface area contributed by atoms with Gasteiger partial charge in [0.2, 0.25) is 5.91 Å². The molecule has 41 heavy (non-hydrogen) atoms. The lowest BCUT2D eigenvalue weighted by atomic mass is 10.1. The van der Waals surface area contributed by atoms with Crippen molar-refractivity contribution < 1.29 is 43.3 Å². The highest BCUT2D eigenvalue weighted by Gasteiger charge is 2.46. The van der Waals surface area contributed by atoms with Gasteiger partial charge in [0, 0.05) is 38.0 Å². The second kappa shape index (κ2) is 12.6. The average molecular weight is 570 g/mol. The van der Waals surface area contributed by atoms with Crippen molar-refractivity contribution in [2.24, 2.45) is 0 Å². The fraction of sp³-hybridized carbons (Fsp3) is 0.444. The van der Waals surface area contributed by atoms with Gasteiger partial charge >= 0.3 is 18.0 Å². The maximum Gasteiger partial charge on any atom is 0.409 e. The van der Waals surface area contributed by atoms with Crippen LogP contribution in [0.1, 0.15) is 40.6 Å². The van der Waals surface area contributed by atoms with Gasteiger partial charge in [-0.1, -0.05) is 18.2 Å². The molecule has 218 valence electrons. The number of carboxylic acids is 1. The van der Waals surface area contributed by atoms with E-state index in [0.29, 0.717) is 10.9 Å². The van der Waals surface area contributed by atoms with Gasteiger partial charge in [-0.25, -0.2) is 14.6 Å². The third-order valence-corrected chi connectivity index (χ3v) is 6.89. The highest BCUT2D eigenvalue weighted by Crippen LogP contribution is 2.27. The van der Waals surface area contributed by atoms with E-state index in [1.54, 1.807) is 31.2 Å². The van der Waals surface area contributed by atoms with Crippen molar-refractivity contribution in [1.29, 1.82) is 0 Å². The average Bonchev–Trinajstić information content (AvgIpc) is 3.78. The number of pyridine rings is 1. The zero-order valence-corrected chi connectivity index (χ0v) is 22.7. The summed E-state index contributed by atoms with van der Waals surface area (Å²) in [4.78, 5) is 83.7. The molecule has 2 aliphatic heterocycles. The first-order valence-electron chi connectivity index (χ1n) is 13.2. The van der Waals surface area contributed by atoms with Crippen LogP contribution in [0.25, 0.3) is 10.9 Å². The molecule has 14 nitrogen and oxygen atoms in total. The Balaban J connectivity index is 1.53. The number of carbonyl (C=O) groups is 6. The van der Waals surface area contributed by atoms with E-state index in [1.807, 2.05) is 0 Å². The molecule has 0 saturated carbocycles. The summed E-state index contributed by atoms with van der Waals surface area (Å²) in [6, 6.07) is 6.10. The van der Waals surface area contributed by atoms with Gasteiger partial charge in [0.15, 0.2) is 0 Å². The zero-order valence-electron chi connectivity index (χ0n) is 22.7. The van der Waals surface area contributed by atoms with Gasteiger partial charge in [-0.05, 0) is 25.5 Å². The number of esters is 1. The smallest absolute Gasteiger partial charge is 0.409 e. The summed E-state index contributed by atoms with van der Waals surface area (Å²) in [5.74, 6) is -3.43. The molecule has 1 aromatic carbocycles. The highest BCUT2D eigenvalue weighted by molar-refractivity contribution is 6.11. The van der Waals surface area contributed by atoms with E-state index in [9.17, 15) is 33.9 Å². The molecule has 14 heteroatoms. The largest absolute Gasteiger partial charge is 0.481 e. The number of benzene rings is 1. The fourth-order valence-corrected chi connectivity index (χ4v) is 4.63. The topological polar surface area (TPSA) is 176 Å². The quantitative estimate of drug-likeness (QED) is 0.319. The molecule has 4 rings (SSSR count). The first-order valence-corrected chi connectivity index (χ1v) is 13.2. The molecule has 2 atom stereocenters. The standard InChI is InChI=1S/C27H31N5O9/c1-3-41-27(39)31-12-10-30(11-13-31)25(37)19(8-9-22(33)34)29-23(35)20-14-17(16-6-4-5-7-18(16)28-20)24(36)32-15-21(32)26(38)40-2/h4-7,14,19,21H,3,8-13,15H2,1-2H3,(H,29,35)(H,33,34). The van der Waals surface area contributed by atoms with E-state index >= 15 is 0 Å². The van der Waals surface area contributed by atoms with Crippen LogP contribution in [0.4, 0.5) is 4.79 Å². The summed E-state index contributed by atoms with van der Waals surface area (Å²) in [5, 5.41) is 12.3. The molecule has 4 amide bonds. The summed E-state index contributed by atoms with van der Waals surface area (Å²) in [7, 11) is 1.23. The molecular formula is C27H31N5O9. The van der Waals surface area contributed by atoms with E-state index in [-0.39, 0.29) is 63.4 Å². The molecule has 0 spiro atoms. The molecule has 2 unspecified atom stereocenters. The number of carbonyl (C=O) groups excluding carboxylic acids is 5. The van der Waals surface area contributed by atoms with Crippen LogP contribution in [0.15, 0.2) is 30.3 Å². The van der Waals surface area contributed by atoms with Crippen molar-refractivity contribution >= 4 is 46.7 Å². The summed E-state index contributed by atoms with van der Waals surface area (Å²) in [6.45, 7) is 2.91. The van der Waals surface area contributed by atoms with Gasteiger partial charge in [0.05, 0.1) is 31.3 Å². The van der Waals surface area contributed by atoms with Crippen LogP contribution in [-0.4, -0.2) is 119 Å². The van der Waals surface area contributed by atoms with Crippen LogP contribution in [0, 0.1) is 0 Å². The first kappa shape index (κ1) is 29.2. The van der Waals surface area contributed by atoms with Crippen LogP contribution in [0.3, 0.4) is 0 Å². The normalized spacial score (nSPS) is 17.0. The Morgan fingerprint density at radius 1 is 1.07 bits per heavy atom. The minimum absolute atomic E-state index is 0.149. The SMILES string of the molecule is CCOC(=O)N1CCN(C(=O)C(CCC(=O)O)NC(=O)c2cc(C(=O)N3CC3C(=O)OC)c3ccccc3n2)CC1. The van der Waals surface area contributed by atoms with E-state index in [2.05, 4.69) is 10.3 Å². The Morgan fingerprint density at radius 3 is 2.41 bits per heavy atom. The van der Waals surface area contributed by atoms with Crippen LogP contribution in [0.2, 0.25) is 0 Å². The van der Waals surface area contributed by atoms with Crippen LogP contribution in [0.5, 0.6) is 0 Å². The molecule has 0 aliphatic carbocycles. The summed E-state index contributed by atoms with van der Waals surface area (Å²) >= 11 is 0. The van der Waals surface area contributed by atoms with Crippen LogP contribution < -0.4 is 5.32 Å². The number of nitrogens with one attached hydrogen (secondary N) is 1. The van der Waals surface area contributed by atoms with E-state index in [1.165, 1.54) is 27.9 Å². The van der Waals surface area contributed by atoms with Gasteiger partial charge in [-0.3, -0.25) is 19.2 Å². The number of aromatic nitrogens is 1. The minimum atomic E-state index is -1.18. The lowest BCUT2D eigenvalue weighted by Gasteiger charge is -2.35. The number of para-hydroxylation sites is 1. The molecule has 0 radical (unpaired) electrons. The summed E-state index contributed by atoms with van der Waals surface area (Å²) in [5.41, 5.74) is 0.350. The Kier molecular flexibility index (Phi) is 9.00. The van der Waals surface area contributed by atoms with Crippen molar-refractivity contribution in [3.05, 3.63) is 41.6 Å². The number of ether oxygens (including phenoxy) is 2. The lowest BCUT2D eigenvalue weighted by Crippen LogP contribution is -2.56. The van der Waals surface area contributed by atoms with Gasteiger partial charge in [0.1, 0.15) is 17.8 Å². The number of carboxylic acid groups (broad SMARTS) is 1. The van der Waals surface area contributed by atoms with Crippen molar-refractivity contribution in [2.45, 2.75) is 31.8 Å². The fourth-order valence-electron chi connectivity index (χ4n) is 4.63. The molecule has 2 saturated heterocycles. The molecule has 0 bridgehead atoms. The number of hydrogen-bond donors (Lipinski definition) is 2. The van der Waals surface area contributed by atoms with Crippen molar-refractivity contribution in [3.63, 3.8) is 0 Å². The number of piperazine rings is 1. The predicted molar refractivity (Wildman–Crippen MR) is 142 cm³/mol. The molecular weight excluding hydrogens is 538 g/mol. The third kappa shape index (κ3) is 6.70. The Labute approximate surface area is 235 Å². The Hall–Kier alpha value is -4.75. The van der Waals surface area contributed by atoms with E-state index < -0.39 is 47.8 Å². The van der Waals surface area contributed by atoms with Crippen molar-refractivity contribution in [3.8, 4) is 0 Å². The number of fused-ring (bicyclic) bond motifs is 1. The monoisotopic (exact) mass is 569 g/mol. The molecule has 2 aliphatic rings. The summed E-state index contributed by atoms with van der Waals surface area (Å²) in [6.07, 6.45) is -1.03. The number of hydrogen-bond acceptors (Lipinski definition) is 9. The van der Waals surface area contributed by atoms with E-state index in [0.717, 1.165) is 0 Å². The van der Waals surface area contributed by atoms with Crippen molar-refractivity contribution in [2.75, 3.05) is 46.4 Å². The Bertz CT molecular complexity index is 1370. The predicted octanol–water partition coefficient (Wildman–Crippen LogP) is 0.496. The van der Waals surface area contributed by atoms with Gasteiger partial charge in [-0.2, -0.15) is 0 Å². The molecule has 2 aromatic rings. The minimum Gasteiger partial charge on any atom is -0.481 e. The van der Waals surface area contributed by atoms with E-state index in [4.69, 9.17) is 9.47 Å².